The molecule has 3 heterocycles. The van der Waals surface area contributed by atoms with Gasteiger partial charge in [-0.2, -0.15) is 0 Å². The average Bonchev–Trinajstić information content (AvgIpc) is 2.92. The molecule has 18 heavy (non-hydrogen) atoms. The van der Waals surface area contributed by atoms with E-state index in [1.165, 1.54) is 0 Å². The van der Waals surface area contributed by atoms with Crippen molar-refractivity contribution in [1.29, 1.82) is 0 Å². The van der Waals surface area contributed by atoms with Gasteiger partial charge in [0.05, 0.1) is 21.4 Å². The predicted octanol–water partition coefficient (Wildman–Crippen LogP) is 3.24. The summed E-state index contributed by atoms with van der Waals surface area (Å²) in [4.78, 5) is 19.4. The van der Waals surface area contributed by atoms with Gasteiger partial charge in [0.2, 0.25) is 5.56 Å². The van der Waals surface area contributed by atoms with Crippen LogP contribution in [0.5, 0.6) is 0 Å². The molecule has 0 fully saturated rings. The van der Waals surface area contributed by atoms with Gasteiger partial charge in [0.15, 0.2) is 0 Å². The normalized spacial score (nSPS) is 11.6. The predicted molar refractivity (Wildman–Crippen MR) is 74.4 cm³/mol. The maximum atomic E-state index is 11.9. The van der Waals surface area contributed by atoms with Gasteiger partial charge in [-0.15, -0.1) is 11.3 Å². The van der Waals surface area contributed by atoms with Gasteiger partial charge in [0.1, 0.15) is 0 Å². The van der Waals surface area contributed by atoms with Crippen LogP contribution in [0.4, 0.5) is 0 Å². The maximum Gasteiger partial charge on any atom is 0.249 e. The van der Waals surface area contributed by atoms with Crippen LogP contribution in [0, 0.1) is 0 Å². The molecule has 0 aliphatic carbocycles. The van der Waals surface area contributed by atoms with Crippen LogP contribution < -0.4 is 5.56 Å². The van der Waals surface area contributed by atoms with Gasteiger partial charge < -0.3 is 4.98 Å². The molecule has 2 aromatic rings. The second-order valence-corrected chi connectivity index (χ2v) is 5.10. The lowest BCUT2D eigenvalue weighted by Crippen LogP contribution is -1.98. The van der Waals surface area contributed by atoms with Crippen LogP contribution in [-0.2, 0) is 0 Å². The van der Waals surface area contributed by atoms with Gasteiger partial charge in [0, 0.05) is 17.0 Å². The zero-order chi connectivity index (χ0) is 12.1. The van der Waals surface area contributed by atoms with Crippen molar-refractivity contribution in [1.82, 2.24) is 9.97 Å². The van der Waals surface area contributed by atoms with E-state index < -0.39 is 0 Å². The molecule has 0 bridgehead atoms. The monoisotopic (exact) mass is 252 g/mol. The highest BCUT2D eigenvalue weighted by Crippen LogP contribution is 2.35. The first-order chi connectivity index (χ1) is 8.83. The number of benzene rings is 1. The maximum absolute atomic E-state index is 11.9. The number of H-pyrrole nitrogens is 1. The van der Waals surface area contributed by atoms with Crippen molar-refractivity contribution in [3.63, 3.8) is 0 Å². The summed E-state index contributed by atoms with van der Waals surface area (Å²) >= 11 is 1.60. The third-order valence-corrected chi connectivity index (χ3v) is 4.02. The molecule has 0 unspecified atom stereocenters. The Morgan fingerprint density at radius 3 is 3.00 bits per heavy atom. The van der Waals surface area contributed by atoms with Crippen molar-refractivity contribution in [3.8, 4) is 11.3 Å². The lowest BCUT2D eigenvalue weighted by molar-refractivity contribution is 1.34. The molecule has 3 nitrogen and oxygen atoms in total. The highest BCUT2D eigenvalue weighted by atomic mass is 32.1. The van der Waals surface area contributed by atoms with Crippen LogP contribution >= 0.6 is 11.3 Å². The highest BCUT2D eigenvalue weighted by molar-refractivity contribution is 7.17. The van der Waals surface area contributed by atoms with Crippen LogP contribution in [0.25, 0.3) is 32.4 Å². The van der Waals surface area contributed by atoms with Crippen molar-refractivity contribution in [2.24, 2.45) is 0 Å². The summed E-state index contributed by atoms with van der Waals surface area (Å²) in [6.07, 6.45) is 0. The third-order valence-electron chi connectivity index (χ3n) is 3.10. The second kappa shape index (κ2) is 3.40. The quantitative estimate of drug-likeness (QED) is 0.522. The molecule has 0 amide bonds. The Bertz CT molecular complexity index is 906. The molecule has 0 saturated carbocycles. The number of rotatable bonds is 0. The van der Waals surface area contributed by atoms with E-state index in [2.05, 4.69) is 9.97 Å². The van der Waals surface area contributed by atoms with Gasteiger partial charge in [-0.3, -0.25) is 4.79 Å². The Labute approximate surface area is 106 Å². The minimum Gasteiger partial charge on any atom is -0.321 e. The summed E-state index contributed by atoms with van der Waals surface area (Å²) in [7, 11) is 0. The second-order valence-electron chi connectivity index (χ2n) is 4.19. The largest absolute Gasteiger partial charge is 0.321 e. The molecule has 0 atom stereocenters. The Hall–Kier alpha value is -2.20. The molecule has 1 aromatic carbocycles. The number of para-hydroxylation sites is 1. The fourth-order valence-electron chi connectivity index (χ4n) is 2.32. The number of nitrogens with zero attached hydrogens (tertiary/aromatic N) is 1. The van der Waals surface area contributed by atoms with Gasteiger partial charge in [0.25, 0.3) is 0 Å². The molecule has 2 aliphatic rings. The minimum absolute atomic E-state index is 0.0912. The number of thiophene rings is 1. The minimum atomic E-state index is -0.0912. The van der Waals surface area contributed by atoms with Crippen LogP contribution in [-0.4, -0.2) is 9.97 Å². The summed E-state index contributed by atoms with van der Waals surface area (Å²) in [6.45, 7) is 0. The number of aromatic amines is 1. The molecule has 4 heteroatoms. The Kier molecular flexibility index (Phi) is 1.85. The number of aromatic nitrogens is 2. The zero-order valence-corrected chi connectivity index (χ0v) is 10.1. The first-order valence-electron chi connectivity index (χ1n) is 5.62. The molecule has 86 valence electrons. The number of nitrogens with one attached hydrogen (secondary N) is 1. The van der Waals surface area contributed by atoms with E-state index >= 15 is 0 Å². The average molecular weight is 252 g/mol. The Balaban J connectivity index is 2.35. The van der Waals surface area contributed by atoms with Gasteiger partial charge in [-0.25, -0.2) is 4.98 Å². The van der Waals surface area contributed by atoms with E-state index in [0.717, 1.165) is 32.4 Å². The SMILES string of the molecule is O=c1cc2c3ccccc3nc-2c2sccc2[nH]1. The molecular formula is C14H8N2OS. The lowest BCUT2D eigenvalue weighted by Gasteiger charge is -1.90. The van der Waals surface area contributed by atoms with E-state index in [4.69, 9.17) is 0 Å². The standard InChI is InChI=1S/C14H8N2OS/c17-12-7-9-8-3-1-2-4-10(8)16-13(9)14-11(15-12)5-6-18-14/h1-7H,(H,15,17). The summed E-state index contributed by atoms with van der Waals surface area (Å²) in [6, 6.07) is 11.5. The topological polar surface area (TPSA) is 45.8 Å². The molecular weight excluding hydrogens is 244 g/mol. The van der Waals surface area contributed by atoms with Gasteiger partial charge >= 0.3 is 0 Å². The van der Waals surface area contributed by atoms with Crippen molar-refractivity contribution in [2.45, 2.75) is 0 Å². The fraction of sp³-hybridized carbons (Fsp3) is 0. The van der Waals surface area contributed by atoms with Crippen molar-refractivity contribution in [3.05, 3.63) is 52.1 Å². The lowest BCUT2D eigenvalue weighted by atomic mass is 10.1. The summed E-state index contributed by atoms with van der Waals surface area (Å²) < 4.78 is 1.03. The summed E-state index contributed by atoms with van der Waals surface area (Å²) in [5.74, 6) is 0. The van der Waals surface area contributed by atoms with Crippen molar-refractivity contribution < 1.29 is 0 Å². The van der Waals surface area contributed by atoms with Gasteiger partial charge in [-0.05, 0) is 17.5 Å². The smallest absolute Gasteiger partial charge is 0.249 e. The van der Waals surface area contributed by atoms with Crippen LogP contribution in [0.15, 0.2) is 46.6 Å². The molecule has 1 N–H and O–H groups in total. The Morgan fingerprint density at radius 1 is 1.17 bits per heavy atom. The van der Waals surface area contributed by atoms with Crippen molar-refractivity contribution in [2.75, 3.05) is 0 Å². The van der Waals surface area contributed by atoms with E-state index in [1.807, 2.05) is 35.7 Å². The van der Waals surface area contributed by atoms with E-state index in [9.17, 15) is 4.79 Å². The molecule has 0 radical (unpaired) electrons. The van der Waals surface area contributed by atoms with Crippen LogP contribution in [0.2, 0.25) is 0 Å². The van der Waals surface area contributed by atoms with E-state index in [-0.39, 0.29) is 5.56 Å². The fourth-order valence-corrected chi connectivity index (χ4v) is 3.17. The first kappa shape index (κ1) is 9.79. The van der Waals surface area contributed by atoms with Crippen LogP contribution in [0.1, 0.15) is 0 Å². The highest BCUT2D eigenvalue weighted by Gasteiger charge is 2.15. The molecule has 2 aliphatic heterocycles. The Morgan fingerprint density at radius 2 is 2.06 bits per heavy atom. The van der Waals surface area contributed by atoms with Crippen molar-refractivity contribution >= 4 is 32.5 Å². The molecule has 0 saturated heterocycles. The summed E-state index contributed by atoms with van der Waals surface area (Å²) in [5, 5.41) is 3.00. The number of fused-ring (bicyclic) bond motifs is 5. The van der Waals surface area contributed by atoms with Gasteiger partial charge in [-0.1, -0.05) is 18.2 Å². The molecule has 0 spiro atoms. The van der Waals surface area contributed by atoms with E-state index in [1.54, 1.807) is 17.4 Å². The molecule has 4 rings (SSSR count). The third kappa shape index (κ3) is 1.23. The summed E-state index contributed by atoms with van der Waals surface area (Å²) in [5.41, 5.74) is 3.52. The van der Waals surface area contributed by atoms with Crippen LogP contribution in [0.3, 0.4) is 0 Å². The molecule has 1 aromatic heterocycles. The number of hydrogen-bond donors (Lipinski definition) is 1. The number of hydrogen-bond acceptors (Lipinski definition) is 3. The van der Waals surface area contributed by atoms with E-state index in [0.29, 0.717) is 0 Å². The zero-order valence-electron chi connectivity index (χ0n) is 9.31. The first-order valence-corrected chi connectivity index (χ1v) is 6.50.